The summed E-state index contributed by atoms with van der Waals surface area (Å²) in [5.74, 6) is 0.327. The first kappa shape index (κ1) is 15.7. The maximum atomic E-state index is 12.3. The van der Waals surface area contributed by atoms with E-state index in [0.717, 1.165) is 0 Å². The molecule has 21 heavy (non-hydrogen) atoms. The van der Waals surface area contributed by atoms with Gasteiger partial charge in [0.2, 0.25) is 0 Å². The third-order valence-corrected chi connectivity index (χ3v) is 3.06. The molecule has 0 aliphatic rings. The standard InChI is InChI=1S/C16H15Cl2NO2/c1-10(2)21-15-6-4-3-5-14(15)19-16(20)11-7-12(17)9-13(18)8-11/h3-10H,1-2H3,(H,19,20). The smallest absolute Gasteiger partial charge is 0.255 e. The molecule has 0 spiro atoms. The Morgan fingerprint density at radius 3 is 2.33 bits per heavy atom. The van der Waals surface area contributed by atoms with Gasteiger partial charge in [-0.2, -0.15) is 0 Å². The van der Waals surface area contributed by atoms with Crippen molar-refractivity contribution >= 4 is 34.8 Å². The topological polar surface area (TPSA) is 38.3 Å². The number of anilines is 1. The molecular weight excluding hydrogens is 309 g/mol. The minimum Gasteiger partial charge on any atom is -0.489 e. The molecule has 0 unspecified atom stereocenters. The van der Waals surface area contributed by atoms with Gasteiger partial charge in [-0.15, -0.1) is 0 Å². The third-order valence-electron chi connectivity index (χ3n) is 2.62. The number of nitrogens with one attached hydrogen (secondary N) is 1. The summed E-state index contributed by atoms with van der Waals surface area (Å²) < 4.78 is 5.66. The zero-order valence-corrected chi connectivity index (χ0v) is 13.2. The van der Waals surface area contributed by atoms with E-state index in [1.807, 2.05) is 26.0 Å². The van der Waals surface area contributed by atoms with Crippen LogP contribution in [-0.2, 0) is 0 Å². The molecule has 0 aliphatic carbocycles. The van der Waals surface area contributed by atoms with Crippen LogP contribution < -0.4 is 10.1 Å². The van der Waals surface area contributed by atoms with E-state index in [-0.39, 0.29) is 12.0 Å². The molecule has 0 saturated carbocycles. The lowest BCUT2D eigenvalue weighted by Crippen LogP contribution is -2.14. The number of para-hydroxylation sites is 2. The van der Waals surface area contributed by atoms with Crippen molar-refractivity contribution in [1.82, 2.24) is 0 Å². The fourth-order valence-corrected chi connectivity index (χ4v) is 2.33. The van der Waals surface area contributed by atoms with Gasteiger partial charge in [0.25, 0.3) is 5.91 Å². The summed E-state index contributed by atoms with van der Waals surface area (Å²) in [6, 6.07) is 12.0. The third kappa shape index (κ3) is 4.38. The second kappa shape index (κ2) is 6.83. The molecule has 2 rings (SSSR count). The van der Waals surface area contributed by atoms with Crippen LogP contribution in [0, 0.1) is 0 Å². The molecule has 0 aromatic heterocycles. The Labute approximate surface area is 133 Å². The van der Waals surface area contributed by atoms with Gasteiger partial charge in [-0.1, -0.05) is 35.3 Å². The van der Waals surface area contributed by atoms with Gasteiger partial charge in [-0.3, -0.25) is 4.79 Å². The fraction of sp³-hybridized carbons (Fsp3) is 0.188. The van der Waals surface area contributed by atoms with Crippen LogP contribution in [0.3, 0.4) is 0 Å². The predicted octanol–water partition coefficient (Wildman–Crippen LogP) is 5.03. The normalized spacial score (nSPS) is 10.5. The number of rotatable bonds is 4. The van der Waals surface area contributed by atoms with Gasteiger partial charge in [-0.25, -0.2) is 0 Å². The van der Waals surface area contributed by atoms with E-state index in [1.165, 1.54) is 0 Å². The summed E-state index contributed by atoms with van der Waals surface area (Å²) in [5.41, 5.74) is 0.999. The number of carbonyl (C=O) groups excluding carboxylic acids is 1. The van der Waals surface area contributed by atoms with Crippen LogP contribution in [0.4, 0.5) is 5.69 Å². The Bertz CT molecular complexity index is 636. The first-order chi connectivity index (χ1) is 9.95. The van der Waals surface area contributed by atoms with E-state index in [4.69, 9.17) is 27.9 Å². The van der Waals surface area contributed by atoms with Crippen LogP contribution in [0.15, 0.2) is 42.5 Å². The quantitative estimate of drug-likeness (QED) is 0.856. The summed E-state index contributed by atoms with van der Waals surface area (Å²) in [4.78, 5) is 12.3. The van der Waals surface area contributed by atoms with E-state index >= 15 is 0 Å². The van der Waals surface area contributed by atoms with Crippen LogP contribution in [-0.4, -0.2) is 12.0 Å². The second-order valence-corrected chi connectivity index (χ2v) is 5.65. The molecule has 3 nitrogen and oxygen atoms in total. The van der Waals surface area contributed by atoms with Crippen LogP contribution in [0.25, 0.3) is 0 Å². The zero-order valence-electron chi connectivity index (χ0n) is 11.7. The molecule has 0 heterocycles. The molecule has 0 bridgehead atoms. The summed E-state index contributed by atoms with van der Waals surface area (Å²) >= 11 is 11.8. The van der Waals surface area contributed by atoms with Crippen molar-refractivity contribution in [2.75, 3.05) is 5.32 Å². The SMILES string of the molecule is CC(C)Oc1ccccc1NC(=O)c1cc(Cl)cc(Cl)c1. The zero-order chi connectivity index (χ0) is 15.4. The molecule has 110 valence electrons. The van der Waals surface area contributed by atoms with Crippen molar-refractivity contribution in [1.29, 1.82) is 0 Å². The summed E-state index contributed by atoms with van der Waals surface area (Å²) in [5, 5.41) is 3.64. The van der Waals surface area contributed by atoms with E-state index < -0.39 is 0 Å². The molecule has 1 amide bonds. The predicted molar refractivity (Wildman–Crippen MR) is 86.6 cm³/mol. The minimum absolute atomic E-state index is 0.0173. The lowest BCUT2D eigenvalue weighted by Gasteiger charge is -2.14. The second-order valence-electron chi connectivity index (χ2n) is 4.78. The lowest BCUT2D eigenvalue weighted by molar-refractivity contribution is 0.102. The van der Waals surface area contributed by atoms with Crippen molar-refractivity contribution in [2.24, 2.45) is 0 Å². The number of carbonyl (C=O) groups is 1. The van der Waals surface area contributed by atoms with Crippen molar-refractivity contribution in [3.05, 3.63) is 58.1 Å². The first-order valence-corrected chi connectivity index (χ1v) is 7.24. The summed E-state index contributed by atoms with van der Waals surface area (Å²) in [6.45, 7) is 3.85. The lowest BCUT2D eigenvalue weighted by atomic mass is 10.2. The highest BCUT2D eigenvalue weighted by Crippen LogP contribution is 2.26. The number of halogens is 2. The Kier molecular flexibility index (Phi) is 5.10. The first-order valence-electron chi connectivity index (χ1n) is 6.49. The Balaban J connectivity index is 2.23. The van der Waals surface area contributed by atoms with E-state index in [1.54, 1.807) is 30.3 Å². The molecule has 0 saturated heterocycles. The van der Waals surface area contributed by atoms with Crippen LogP contribution in [0.2, 0.25) is 10.0 Å². The maximum Gasteiger partial charge on any atom is 0.255 e. The molecule has 5 heteroatoms. The monoisotopic (exact) mass is 323 g/mol. The van der Waals surface area contributed by atoms with Crippen molar-refractivity contribution in [3.8, 4) is 5.75 Å². The summed E-state index contributed by atoms with van der Waals surface area (Å²) in [7, 11) is 0. The molecule has 0 radical (unpaired) electrons. The van der Waals surface area contributed by atoms with Gasteiger partial charge in [0, 0.05) is 15.6 Å². The highest BCUT2D eigenvalue weighted by molar-refractivity contribution is 6.35. The van der Waals surface area contributed by atoms with Gasteiger partial charge in [0.1, 0.15) is 5.75 Å². The Morgan fingerprint density at radius 1 is 1.10 bits per heavy atom. The Morgan fingerprint density at radius 2 is 1.71 bits per heavy atom. The van der Waals surface area contributed by atoms with Crippen molar-refractivity contribution < 1.29 is 9.53 Å². The largest absolute Gasteiger partial charge is 0.489 e. The highest BCUT2D eigenvalue weighted by Gasteiger charge is 2.12. The molecular formula is C16H15Cl2NO2. The number of amides is 1. The fourth-order valence-electron chi connectivity index (χ4n) is 1.81. The number of hydrogen-bond acceptors (Lipinski definition) is 2. The van der Waals surface area contributed by atoms with E-state index in [2.05, 4.69) is 5.32 Å². The van der Waals surface area contributed by atoms with E-state index in [9.17, 15) is 4.79 Å². The van der Waals surface area contributed by atoms with E-state index in [0.29, 0.717) is 27.0 Å². The van der Waals surface area contributed by atoms with Crippen molar-refractivity contribution in [3.63, 3.8) is 0 Å². The maximum absolute atomic E-state index is 12.3. The van der Waals surface area contributed by atoms with Gasteiger partial charge >= 0.3 is 0 Å². The summed E-state index contributed by atoms with van der Waals surface area (Å²) in [6.07, 6.45) is 0.0173. The van der Waals surface area contributed by atoms with Crippen LogP contribution >= 0.6 is 23.2 Å². The number of ether oxygens (including phenoxy) is 1. The van der Waals surface area contributed by atoms with Gasteiger partial charge in [0.05, 0.1) is 11.8 Å². The average Bonchev–Trinajstić information content (AvgIpc) is 2.39. The van der Waals surface area contributed by atoms with Crippen molar-refractivity contribution in [2.45, 2.75) is 20.0 Å². The van der Waals surface area contributed by atoms with Gasteiger partial charge < -0.3 is 10.1 Å². The van der Waals surface area contributed by atoms with Gasteiger partial charge in [-0.05, 0) is 44.2 Å². The van der Waals surface area contributed by atoms with Crippen LogP contribution in [0.1, 0.15) is 24.2 Å². The number of benzene rings is 2. The molecule has 1 N–H and O–H groups in total. The Hall–Kier alpha value is -1.71. The number of hydrogen-bond donors (Lipinski definition) is 1. The minimum atomic E-state index is -0.292. The molecule has 2 aromatic carbocycles. The molecule has 0 aliphatic heterocycles. The molecule has 2 aromatic rings. The average molecular weight is 324 g/mol. The highest BCUT2D eigenvalue weighted by atomic mass is 35.5. The molecule has 0 atom stereocenters. The van der Waals surface area contributed by atoms with Crippen LogP contribution in [0.5, 0.6) is 5.75 Å². The molecule has 0 fully saturated rings. The van der Waals surface area contributed by atoms with Gasteiger partial charge in [0.15, 0.2) is 0 Å².